The van der Waals surface area contributed by atoms with Crippen molar-refractivity contribution in [1.29, 1.82) is 0 Å². The minimum absolute atomic E-state index is 0.0353. The standard InChI is InChI=1S/C10H9ClN2O3S/c1-6(14)13(2)10-9-7(11)4-3-5-8(9)17(15,16)12-10/h3-5H,1-2H3. The minimum Gasteiger partial charge on any atom is -0.299 e. The Labute approximate surface area is 104 Å². The number of fused-ring (bicyclic) bond motifs is 1. The Morgan fingerprint density at radius 2 is 2.06 bits per heavy atom. The zero-order chi connectivity index (χ0) is 12.8. The molecule has 1 amide bonds. The second kappa shape index (κ2) is 3.82. The maximum Gasteiger partial charge on any atom is 0.285 e. The van der Waals surface area contributed by atoms with Gasteiger partial charge in [0.05, 0.1) is 10.6 Å². The van der Waals surface area contributed by atoms with Gasteiger partial charge in [-0.1, -0.05) is 17.7 Å². The van der Waals surface area contributed by atoms with Crippen LogP contribution >= 0.6 is 11.6 Å². The number of halogens is 1. The number of rotatable bonds is 0. The number of benzene rings is 1. The molecular weight excluding hydrogens is 264 g/mol. The number of sulfonamides is 1. The van der Waals surface area contributed by atoms with Gasteiger partial charge < -0.3 is 0 Å². The summed E-state index contributed by atoms with van der Waals surface area (Å²) >= 11 is 5.96. The number of hydrogen-bond acceptors (Lipinski definition) is 3. The maximum atomic E-state index is 11.8. The molecule has 0 bridgehead atoms. The lowest BCUT2D eigenvalue weighted by Crippen LogP contribution is -2.31. The summed E-state index contributed by atoms with van der Waals surface area (Å²) in [7, 11) is -2.29. The highest BCUT2D eigenvalue weighted by Crippen LogP contribution is 2.32. The predicted molar refractivity (Wildman–Crippen MR) is 63.6 cm³/mol. The van der Waals surface area contributed by atoms with Crippen LogP contribution in [0, 0.1) is 0 Å². The highest BCUT2D eigenvalue weighted by atomic mass is 35.5. The predicted octanol–water partition coefficient (Wildman–Crippen LogP) is 1.27. The average molecular weight is 273 g/mol. The van der Waals surface area contributed by atoms with Crippen LogP contribution in [0.15, 0.2) is 27.5 Å². The van der Waals surface area contributed by atoms with E-state index in [-0.39, 0.29) is 27.2 Å². The Morgan fingerprint density at radius 3 is 2.65 bits per heavy atom. The van der Waals surface area contributed by atoms with Crippen molar-refractivity contribution in [3.8, 4) is 0 Å². The van der Waals surface area contributed by atoms with Gasteiger partial charge in [0.25, 0.3) is 10.0 Å². The van der Waals surface area contributed by atoms with E-state index in [0.29, 0.717) is 0 Å². The molecule has 0 atom stereocenters. The van der Waals surface area contributed by atoms with Crippen molar-refractivity contribution in [2.75, 3.05) is 7.05 Å². The van der Waals surface area contributed by atoms with Gasteiger partial charge in [0, 0.05) is 14.0 Å². The first-order chi connectivity index (χ1) is 7.84. The summed E-state index contributed by atoms with van der Waals surface area (Å²) in [6, 6.07) is 4.51. The van der Waals surface area contributed by atoms with E-state index in [4.69, 9.17) is 11.6 Å². The lowest BCUT2D eigenvalue weighted by Gasteiger charge is -2.15. The number of carbonyl (C=O) groups is 1. The van der Waals surface area contributed by atoms with Crippen LogP contribution in [0.25, 0.3) is 0 Å². The van der Waals surface area contributed by atoms with E-state index in [2.05, 4.69) is 4.40 Å². The van der Waals surface area contributed by atoms with Crippen LogP contribution in [0.3, 0.4) is 0 Å². The van der Waals surface area contributed by atoms with Gasteiger partial charge in [-0.05, 0) is 12.1 Å². The van der Waals surface area contributed by atoms with Gasteiger partial charge in [0.2, 0.25) is 5.91 Å². The third-order valence-electron chi connectivity index (χ3n) is 2.47. The zero-order valence-electron chi connectivity index (χ0n) is 9.14. The molecule has 1 aliphatic heterocycles. The van der Waals surface area contributed by atoms with Gasteiger partial charge in [-0.25, -0.2) is 0 Å². The first-order valence-electron chi connectivity index (χ1n) is 4.73. The number of amides is 1. The molecule has 0 aromatic heterocycles. The van der Waals surface area contributed by atoms with Crippen LogP contribution < -0.4 is 0 Å². The summed E-state index contributed by atoms with van der Waals surface area (Å²) in [5, 5.41) is 0.260. The molecule has 90 valence electrons. The van der Waals surface area contributed by atoms with Crippen molar-refractivity contribution < 1.29 is 13.2 Å². The second-order valence-electron chi connectivity index (χ2n) is 3.58. The fourth-order valence-electron chi connectivity index (χ4n) is 1.52. The van der Waals surface area contributed by atoms with Crippen molar-refractivity contribution in [3.63, 3.8) is 0 Å². The van der Waals surface area contributed by atoms with E-state index in [9.17, 15) is 13.2 Å². The van der Waals surface area contributed by atoms with Crippen LogP contribution in [0.5, 0.6) is 0 Å². The minimum atomic E-state index is -3.75. The SMILES string of the molecule is CC(=O)N(C)C1=NS(=O)(=O)c2cccc(Cl)c21. The van der Waals surface area contributed by atoms with Crippen LogP contribution in [-0.4, -0.2) is 32.1 Å². The van der Waals surface area contributed by atoms with E-state index in [1.54, 1.807) is 6.07 Å². The van der Waals surface area contributed by atoms with Gasteiger partial charge in [0.1, 0.15) is 4.90 Å². The number of nitrogens with zero attached hydrogens (tertiary/aromatic N) is 2. The topological polar surface area (TPSA) is 66.8 Å². The summed E-state index contributed by atoms with van der Waals surface area (Å²) in [6.07, 6.45) is 0. The molecular formula is C10H9ClN2O3S. The van der Waals surface area contributed by atoms with Crippen molar-refractivity contribution in [1.82, 2.24) is 4.90 Å². The van der Waals surface area contributed by atoms with Gasteiger partial charge in [-0.15, -0.1) is 4.40 Å². The lowest BCUT2D eigenvalue weighted by atomic mass is 10.2. The molecule has 2 rings (SSSR count). The van der Waals surface area contributed by atoms with E-state index in [1.165, 1.54) is 26.1 Å². The molecule has 1 aromatic carbocycles. The number of carbonyl (C=O) groups excluding carboxylic acids is 1. The monoisotopic (exact) mass is 272 g/mol. The maximum absolute atomic E-state index is 11.8. The Morgan fingerprint density at radius 1 is 1.41 bits per heavy atom. The van der Waals surface area contributed by atoms with Gasteiger partial charge in [0.15, 0.2) is 5.84 Å². The molecule has 5 nitrogen and oxygen atoms in total. The largest absolute Gasteiger partial charge is 0.299 e. The van der Waals surface area contributed by atoms with Crippen LogP contribution in [0.2, 0.25) is 5.02 Å². The second-order valence-corrected chi connectivity index (χ2v) is 5.56. The summed E-state index contributed by atoms with van der Waals surface area (Å²) < 4.78 is 27.1. The number of hydrogen-bond donors (Lipinski definition) is 0. The van der Waals surface area contributed by atoms with Gasteiger partial charge >= 0.3 is 0 Å². The molecule has 7 heteroatoms. The third-order valence-corrected chi connectivity index (χ3v) is 4.10. The van der Waals surface area contributed by atoms with Gasteiger partial charge in [-0.2, -0.15) is 8.42 Å². The molecule has 0 N–H and O–H groups in total. The Balaban J connectivity index is 2.72. The first-order valence-corrected chi connectivity index (χ1v) is 6.54. The van der Waals surface area contributed by atoms with Gasteiger partial charge in [-0.3, -0.25) is 9.69 Å². The average Bonchev–Trinajstić information content (AvgIpc) is 2.51. The molecule has 1 aliphatic rings. The molecule has 1 heterocycles. The summed E-state index contributed by atoms with van der Waals surface area (Å²) in [6.45, 7) is 1.32. The molecule has 17 heavy (non-hydrogen) atoms. The highest BCUT2D eigenvalue weighted by Gasteiger charge is 2.33. The molecule has 0 fully saturated rings. The van der Waals surface area contributed by atoms with Crippen molar-refractivity contribution >= 4 is 33.4 Å². The molecule has 0 spiro atoms. The van der Waals surface area contributed by atoms with Crippen molar-refractivity contribution in [3.05, 3.63) is 28.8 Å². The van der Waals surface area contributed by atoms with Crippen molar-refractivity contribution in [2.24, 2.45) is 4.40 Å². The zero-order valence-corrected chi connectivity index (χ0v) is 10.7. The van der Waals surface area contributed by atoms with Crippen LogP contribution in [-0.2, 0) is 14.8 Å². The first kappa shape index (κ1) is 12.1. The van der Waals surface area contributed by atoms with Crippen LogP contribution in [0.1, 0.15) is 12.5 Å². The fraction of sp³-hybridized carbons (Fsp3) is 0.200. The quantitative estimate of drug-likeness (QED) is 0.714. The fourth-order valence-corrected chi connectivity index (χ4v) is 3.09. The molecule has 0 radical (unpaired) electrons. The summed E-state index contributed by atoms with van der Waals surface area (Å²) in [5.74, 6) is -0.246. The highest BCUT2D eigenvalue weighted by molar-refractivity contribution is 7.90. The third kappa shape index (κ3) is 1.83. The molecule has 0 saturated heterocycles. The van der Waals surface area contributed by atoms with E-state index >= 15 is 0 Å². The normalized spacial score (nSPS) is 16.3. The Kier molecular flexibility index (Phi) is 2.71. The van der Waals surface area contributed by atoms with Crippen molar-refractivity contribution in [2.45, 2.75) is 11.8 Å². The molecule has 1 aromatic rings. The smallest absolute Gasteiger partial charge is 0.285 e. The van der Waals surface area contributed by atoms with Crippen LogP contribution in [0.4, 0.5) is 0 Å². The molecule has 0 aliphatic carbocycles. The lowest BCUT2D eigenvalue weighted by molar-refractivity contribution is -0.124. The summed E-state index contributed by atoms with van der Waals surface area (Å²) in [5.41, 5.74) is 0.284. The van der Waals surface area contributed by atoms with E-state index in [0.717, 1.165) is 4.90 Å². The van der Waals surface area contributed by atoms with E-state index < -0.39 is 10.0 Å². The Hall–Kier alpha value is -1.40. The summed E-state index contributed by atoms with van der Waals surface area (Å²) in [4.78, 5) is 12.5. The van der Waals surface area contributed by atoms with E-state index in [1.807, 2.05) is 0 Å². The Bertz CT molecular complexity index is 637. The molecule has 0 unspecified atom stereocenters. The molecule has 0 saturated carbocycles. The number of amidine groups is 1.